The van der Waals surface area contributed by atoms with Crippen molar-refractivity contribution in [2.45, 2.75) is 38.6 Å². The maximum atomic E-state index is 6.13. The summed E-state index contributed by atoms with van der Waals surface area (Å²) in [6.07, 6.45) is 4.52. The van der Waals surface area contributed by atoms with E-state index in [-0.39, 0.29) is 6.04 Å². The van der Waals surface area contributed by atoms with Crippen LogP contribution >= 0.6 is 0 Å². The standard InChI is InChI=1S/C13H19NO/c1-2-3-4-12(14)10-5-6-13-11(9-10)7-8-15-13/h5-6,9,12H,2-4,7-8,14H2,1H3. The number of hydrogen-bond donors (Lipinski definition) is 1. The Morgan fingerprint density at radius 2 is 2.33 bits per heavy atom. The van der Waals surface area contributed by atoms with Gasteiger partial charge in [-0.3, -0.25) is 0 Å². The van der Waals surface area contributed by atoms with Crippen LogP contribution in [0.5, 0.6) is 5.75 Å². The summed E-state index contributed by atoms with van der Waals surface area (Å²) < 4.78 is 5.47. The van der Waals surface area contributed by atoms with Crippen LogP contribution in [0, 0.1) is 0 Å². The molecule has 0 bridgehead atoms. The van der Waals surface area contributed by atoms with Crippen LogP contribution in [0.4, 0.5) is 0 Å². The predicted octanol–water partition coefficient (Wildman–Crippen LogP) is 2.81. The van der Waals surface area contributed by atoms with Gasteiger partial charge in [-0.15, -0.1) is 0 Å². The van der Waals surface area contributed by atoms with Crippen molar-refractivity contribution in [3.8, 4) is 5.75 Å². The van der Waals surface area contributed by atoms with Crippen LogP contribution in [-0.4, -0.2) is 6.61 Å². The van der Waals surface area contributed by atoms with E-state index in [1.54, 1.807) is 0 Å². The van der Waals surface area contributed by atoms with Gasteiger partial charge in [-0.1, -0.05) is 31.9 Å². The van der Waals surface area contributed by atoms with Crippen molar-refractivity contribution >= 4 is 0 Å². The lowest BCUT2D eigenvalue weighted by molar-refractivity contribution is 0.357. The highest BCUT2D eigenvalue weighted by molar-refractivity contribution is 5.40. The minimum atomic E-state index is 0.191. The summed E-state index contributed by atoms with van der Waals surface area (Å²) >= 11 is 0. The van der Waals surface area contributed by atoms with E-state index >= 15 is 0 Å². The average molecular weight is 205 g/mol. The second-order valence-corrected chi connectivity index (χ2v) is 4.21. The molecule has 2 rings (SSSR count). The number of benzene rings is 1. The minimum Gasteiger partial charge on any atom is -0.493 e. The first-order chi connectivity index (χ1) is 7.31. The normalized spacial score (nSPS) is 15.9. The van der Waals surface area contributed by atoms with Crippen LogP contribution in [0.25, 0.3) is 0 Å². The Morgan fingerprint density at radius 3 is 3.13 bits per heavy atom. The van der Waals surface area contributed by atoms with E-state index in [4.69, 9.17) is 10.5 Å². The van der Waals surface area contributed by atoms with Gasteiger partial charge in [-0.05, 0) is 23.6 Å². The Morgan fingerprint density at radius 1 is 1.47 bits per heavy atom. The molecule has 0 spiro atoms. The maximum absolute atomic E-state index is 6.13. The van der Waals surface area contributed by atoms with Crippen LogP contribution in [0.15, 0.2) is 18.2 Å². The van der Waals surface area contributed by atoms with Gasteiger partial charge >= 0.3 is 0 Å². The fraction of sp³-hybridized carbons (Fsp3) is 0.538. The molecule has 1 aliphatic rings. The van der Waals surface area contributed by atoms with E-state index in [0.717, 1.165) is 25.2 Å². The van der Waals surface area contributed by atoms with Crippen LogP contribution in [0.1, 0.15) is 43.4 Å². The first kappa shape index (κ1) is 10.5. The van der Waals surface area contributed by atoms with Gasteiger partial charge in [-0.2, -0.15) is 0 Å². The van der Waals surface area contributed by atoms with Gasteiger partial charge in [0, 0.05) is 12.5 Å². The zero-order chi connectivity index (χ0) is 10.7. The summed E-state index contributed by atoms with van der Waals surface area (Å²) in [5.41, 5.74) is 8.71. The summed E-state index contributed by atoms with van der Waals surface area (Å²) in [7, 11) is 0. The molecule has 2 N–H and O–H groups in total. The predicted molar refractivity (Wildman–Crippen MR) is 62.1 cm³/mol. The van der Waals surface area contributed by atoms with Crippen molar-refractivity contribution in [1.29, 1.82) is 0 Å². The van der Waals surface area contributed by atoms with Crippen LogP contribution < -0.4 is 10.5 Å². The molecule has 0 amide bonds. The molecule has 0 saturated heterocycles. The van der Waals surface area contributed by atoms with Crippen molar-refractivity contribution in [2.24, 2.45) is 5.73 Å². The zero-order valence-electron chi connectivity index (χ0n) is 9.33. The first-order valence-electron chi connectivity index (χ1n) is 5.82. The molecule has 15 heavy (non-hydrogen) atoms. The van der Waals surface area contributed by atoms with Crippen LogP contribution in [0.3, 0.4) is 0 Å². The number of ether oxygens (including phenoxy) is 1. The highest BCUT2D eigenvalue weighted by Crippen LogP contribution is 2.28. The molecule has 0 aromatic heterocycles. The largest absolute Gasteiger partial charge is 0.493 e. The van der Waals surface area contributed by atoms with Gasteiger partial charge in [0.15, 0.2) is 0 Å². The van der Waals surface area contributed by atoms with E-state index in [1.807, 2.05) is 0 Å². The molecule has 0 radical (unpaired) electrons. The molecule has 1 unspecified atom stereocenters. The quantitative estimate of drug-likeness (QED) is 0.820. The molecule has 1 aliphatic heterocycles. The van der Waals surface area contributed by atoms with Crippen molar-refractivity contribution < 1.29 is 4.74 Å². The second-order valence-electron chi connectivity index (χ2n) is 4.21. The molecule has 1 aromatic rings. The topological polar surface area (TPSA) is 35.2 Å². The van der Waals surface area contributed by atoms with Gasteiger partial charge in [0.2, 0.25) is 0 Å². The van der Waals surface area contributed by atoms with Crippen molar-refractivity contribution in [2.75, 3.05) is 6.61 Å². The van der Waals surface area contributed by atoms with E-state index < -0.39 is 0 Å². The van der Waals surface area contributed by atoms with E-state index in [9.17, 15) is 0 Å². The minimum absolute atomic E-state index is 0.191. The zero-order valence-corrected chi connectivity index (χ0v) is 9.33. The number of nitrogens with two attached hydrogens (primary N) is 1. The number of fused-ring (bicyclic) bond motifs is 1. The number of unbranched alkanes of at least 4 members (excludes halogenated alkanes) is 1. The van der Waals surface area contributed by atoms with Gasteiger partial charge in [0.25, 0.3) is 0 Å². The van der Waals surface area contributed by atoms with Gasteiger partial charge < -0.3 is 10.5 Å². The third-order valence-corrected chi connectivity index (χ3v) is 3.01. The third kappa shape index (κ3) is 2.32. The lowest BCUT2D eigenvalue weighted by Crippen LogP contribution is -2.10. The molecule has 0 saturated carbocycles. The molecule has 2 nitrogen and oxygen atoms in total. The van der Waals surface area contributed by atoms with Crippen molar-refractivity contribution in [1.82, 2.24) is 0 Å². The second kappa shape index (κ2) is 4.67. The lowest BCUT2D eigenvalue weighted by Gasteiger charge is -2.12. The first-order valence-corrected chi connectivity index (χ1v) is 5.82. The number of rotatable bonds is 4. The Kier molecular flexibility index (Phi) is 3.27. The Balaban J connectivity index is 2.08. The van der Waals surface area contributed by atoms with Crippen molar-refractivity contribution in [3.05, 3.63) is 29.3 Å². The highest BCUT2D eigenvalue weighted by Gasteiger charge is 2.14. The van der Waals surface area contributed by atoms with Crippen LogP contribution in [0.2, 0.25) is 0 Å². The highest BCUT2D eigenvalue weighted by atomic mass is 16.5. The third-order valence-electron chi connectivity index (χ3n) is 3.01. The summed E-state index contributed by atoms with van der Waals surface area (Å²) in [4.78, 5) is 0. The summed E-state index contributed by atoms with van der Waals surface area (Å²) in [6.45, 7) is 3.02. The maximum Gasteiger partial charge on any atom is 0.122 e. The van der Waals surface area contributed by atoms with Crippen LogP contribution in [-0.2, 0) is 6.42 Å². The molecule has 1 atom stereocenters. The van der Waals surface area contributed by atoms with Gasteiger partial charge in [-0.25, -0.2) is 0 Å². The fourth-order valence-corrected chi connectivity index (χ4v) is 2.03. The smallest absolute Gasteiger partial charge is 0.122 e. The SMILES string of the molecule is CCCCC(N)c1ccc2c(c1)CCO2. The van der Waals surface area contributed by atoms with Gasteiger partial charge in [0.1, 0.15) is 5.75 Å². The Hall–Kier alpha value is -1.02. The van der Waals surface area contributed by atoms with Crippen molar-refractivity contribution in [3.63, 3.8) is 0 Å². The van der Waals surface area contributed by atoms with E-state index in [2.05, 4.69) is 25.1 Å². The Labute approximate surface area is 91.4 Å². The molecule has 2 heteroatoms. The summed E-state index contributed by atoms with van der Waals surface area (Å²) in [6, 6.07) is 6.56. The molecule has 1 aromatic carbocycles. The molecule has 0 fully saturated rings. The molecular weight excluding hydrogens is 186 g/mol. The number of hydrogen-bond acceptors (Lipinski definition) is 2. The lowest BCUT2D eigenvalue weighted by atomic mass is 9.99. The molecular formula is C13H19NO. The van der Waals surface area contributed by atoms with Gasteiger partial charge in [0.05, 0.1) is 6.61 Å². The molecule has 1 heterocycles. The summed E-state index contributed by atoms with van der Waals surface area (Å²) in [5.74, 6) is 1.04. The fourth-order valence-electron chi connectivity index (χ4n) is 2.03. The van der Waals surface area contributed by atoms with E-state index in [1.165, 1.54) is 24.0 Å². The Bertz CT molecular complexity index is 335. The molecule has 0 aliphatic carbocycles. The molecule has 82 valence electrons. The average Bonchev–Trinajstić information content (AvgIpc) is 2.72. The monoisotopic (exact) mass is 205 g/mol. The van der Waals surface area contributed by atoms with E-state index in [0.29, 0.717) is 0 Å². The summed E-state index contributed by atoms with van der Waals surface area (Å²) in [5, 5.41) is 0.